The van der Waals surface area contributed by atoms with Crippen molar-refractivity contribution in [2.24, 2.45) is 0 Å². The van der Waals surface area contributed by atoms with Crippen LogP contribution in [-0.4, -0.2) is 26.5 Å². The van der Waals surface area contributed by atoms with Crippen molar-refractivity contribution in [1.29, 1.82) is 5.26 Å². The molecule has 4 heterocycles. The molecule has 2 atom stereocenters. The zero-order valence-electron chi connectivity index (χ0n) is 17.6. The minimum absolute atomic E-state index is 0.166. The Morgan fingerprint density at radius 2 is 2.12 bits per heavy atom. The maximum Gasteiger partial charge on any atom is 0.340 e. The summed E-state index contributed by atoms with van der Waals surface area (Å²) in [5.74, 6) is -0.952. The number of aliphatic hydroxyl groups is 1. The zero-order valence-corrected chi connectivity index (χ0v) is 17.6. The highest BCUT2D eigenvalue weighted by atomic mass is 16.5. The van der Waals surface area contributed by atoms with Crippen LogP contribution in [0.3, 0.4) is 0 Å². The van der Waals surface area contributed by atoms with Gasteiger partial charge in [0.15, 0.2) is 6.10 Å². The number of aryl methyl sites for hydroxylation is 1. The van der Waals surface area contributed by atoms with E-state index in [1.165, 1.54) is 6.92 Å². The van der Waals surface area contributed by atoms with E-state index >= 15 is 0 Å². The predicted molar refractivity (Wildman–Crippen MR) is 115 cm³/mol. The number of esters is 1. The minimum Gasteiger partial charge on any atom is -0.458 e. The largest absolute Gasteiger partial charge is 0.458 e. The molecule has 3 aliphatic rings. The topological polar surface area (TPSA) is 134 Å². The van der Waals surface area contributed by atoms with E-state index in [1.54, 1.807) is 22.8 Å². The quantitative estimate of drug-likeness (QED) is 0.427. The Kier molecular flexibility index (Phi) is 4.01. The third-order valence-electron chi connectivity index (χ3n) is 6.80. The van der Waals surface area contributed by atoms with Gasteiger partial charge in [0.2, 0.25) is 5.91 Å². The molecule has 0 radical (unpaired) electrons. The van der Waals surface area contributed by atoms with Crippen molar-refractivity contribution in [3.05, 3.63) is 61.9 Å². The molecule has 9 nitrogen and oxygen atoms in total. The number of carbonyl (C=O) groups excluding carboxylic acids is 2. The summed E-state index contributed by atoms with van der Waals surface area (Å²) in [6.45, 7) is 1.52. The van der Waals surface area contributed by atoms with Crippen LogP contribution in [0.4, 0.5) is 0 Å². The van der Waals surface area contributed by atoms with Crippen LogP contribution in [0.25, 0.3) is 22.3 Å². The second-order valence-electron chi connectivity index (χ2n) is 8.61. The van der Waals surface area contributed by atoms with E-state index in [-0.39, 0.29) is 41.8 Å². The van der Waals surface area contributed by atoms with E-state index in [0.29, 0.717) is 35.3 Å². The lowest BCUT2D eigenvalue weighted by atomic mass is 9.82. The standard InChI is InChI=1S/C24H18N4O5/c1-10(29)26-16-5-3-12-11(7-25)2-4-17-19(12)20(16)14-8-28-18(21(14)27-17)6-13-15(23(28)31)9-33-24(32)22(13)30/h2,4,6,16,22,30H,3,5,8-9H2,1H3,(H,26,29)/t16?,22-/m0/s1. The van der Waals surface area contributed by atoms with Crippen molar-refractivity contribution in [2.45, 2.75) is 45.1 Å². The summed E-state index contributed by atoms with van der Waals surface area (Å²) in [5.41, 5.74) is 5.07. The van der Waals surface area contributed by atoms with Gasteiger partial charge >= 0.3 is 5.97 Å². The van der Waals surface area contributed by atoms with Crippen molar-refractivity contribution in [2.75, 3.05) is 0 Å². The number of aromatic nitrogens is 2. The predicted octanol–water partition coefficient (Wildman–Crippen LogP) is 1.51. The molecule has 2 aliphatic heterocycles. The minimum atomic E-state index is -1.52. The molecule has 164 valence electrons. The average molecular weight is 442 g/mol. The lowest BCUT2D eigenvalue weighted by Crippen LogP contribution is -2.32. The van der Waals surface area contributed by atoms with Gasteiger partial charge in [0.05, 0.1) is 46.7 Å². The van der Waals surface area contributed by atoms with Gasteiger partial charge in [0, 0.05) is 23.4 Å². The van der Waals surface area contributed by atoms with Crippen LogP contribution in [0.15, 0.2) is 23.0 Å². The van der Waals surface area contributed by atoms with Gasteiger partial charge in [-0.25, -0.2) is 9.78 Å². The number of nitrogens with one attached hydrogen (secondary N) is 1. The molecule has 0 saturated heterocycles. The molecule has 2 N–H and O–H groups in total. The number of benzene rings is 1. The number of hydrogen-bond donors (Lipinski definition) is 2. The van der Waals surface area contributed by atoms with Gasteiger partial charge in [0.25, 0.3) is 5.56 Å². The summed E-state index contributed by atoms with van der Waals surface area (Å²) in [4.78, 5) is 42.0. The normalized spacial score (nSPS) is 19.8. The number of nitrogens with zero attached hydrogens (tertiary/aromatic N) is 3. The van der Waals surface area contributed by atoms with Gasteiger partial charge in [-0.1, -0.05) is 0 Å². The zero-order chi connectivity index (χ0) is 23.0. The molecule has 3 aromatic rings. The highest BCUT2D eigenvalue weighted by Gasteiger charge is 2.37. The van der Waals surface area contributed by atoms with E-state index in [2.05, 4.69) is 11.4 Å². The number of cyclic esters (lactones) is 1. The second kappa shape index (κ2) is 6.73. The molecule has 1 aliphatic carbocycles. The number of ether oxygens (including phenoxy) is 1. The Hall–Kier alpha value is -4.03. The number of fused-ring (bicyclic) bond motifs is 5. The Morgan fingerprint density at radius 3 is 2.88 bits per heavy atom. The maximum absolute atomic E-state index is 13.3. The van der Waals surface area contributed by atoms with Crippen molar-refractivity contribution < 1.29 is 19.4 Å². The molecular formula is C24H18N4O5. The molecule has 33 heavy (non-hydrogen) atoms. The summed E-state index contributed by atoms with van der Waals surface area (Å²) in [6.07, 6.45) is -0.266. The Labute approximate surface area is 187 Å². The monoisotopic (exact) mass is 442 g/mol. The van der Waals surface area contributed by atoms with Crippen molar-refractivity contribution in [3.8, 4) is 17.5 Å². The molecule has 1 unspecified atom stereocenters. The van der Waals surface area contributed by atoms with Crippen molar-refractivity contribution >= 4 is 22.8 Å². The van der Waals surface area contributed by atoms with Gasteiger partial charge < -0.3 is 19.7 Å². The highest BCUT2D eigenvalue weighted by molar-refractivity contribution is 5.94. The maximum atomic E-state index is 13.3. The summed E-state index contributed by atoms with van der Waals surface area (Å²) in [5, 5.41) is 23.8. The van der Waals surface area contributed by atoms with E-state index in [1.807, 2.05) is 0 Å². The van der Waals surface area contributed by atoms with Crippen LogP contribution in [0.5, 0.6) is 0 Å². The van der Waals surface area contributed by atoms with Crippen LogP contribution in [0.1, 0.15) is 58.9 Å². The molecule has 0 fully saturated rings. The SMILES string of the molecule is CC(=O)NC1CCc2c(C#N)ccc3nc4c(c1c23)Cn1c-4cc2c(c1=O)COC(=O)[C@H]2O. The van der Waals surface area contributed by atoms with Gasteiger partial charge in [-0.15, -0.1) is 0 Å². The van der Waals surface area contributed by atoms with Crippen LogP contribution in [-0.2, 0) is 33.9 Å². The number of rotatable bonds is 1. The van der Waals surface area contributed by atoms with Gasteiger partial charge in [-0.05, 0) is 42.2 Å². The van der Waals surface area contributed by atoms with Crippen LogP contribution in [0, 0.1) is 11.3 Å². The Bertz CT molecular complexity index is 1530. The highest BCUT2D eigenvalue weighted by Crippen LogP contribution is 2.44. The van der Waals surface area contributed by atoms with Crippen molar-refractivity contribution in [3.63, 3.8) is 0 Å². The number of nitriles is 1. The van der Waals surface area contributed by atoms with Crippen LogP contribution in [0.2, 0.25) is 0 Å². The number of pyridine rings is 2. The molecule has 2 aromatic heterocycles. The number of carbonyl (C=O) groups is 2. The summed E-state index contributed by atoms with van der Waals surface area (Å²) >= 11 is 0. The first-order valence-corrected chi connectivity index (χ1v) is 10.7. The summed E-state index contributed by atoms with van der Waals surface area (Å²) < 4.78 is 6.53. The first kappa shape index (κ1) is 19.6. The number of hydrogen-bond acceptors (Lipinski definition) is 7. The molecule has 6 rings (SSSR count). The third kappa shape index (κ3) is 2.61. The molecule has 0 saturated carbocycles. The number of aliphatic hydroxyl groups excluding tert-OH is 1. The fraction of sp³-hybridized carbons (Fsp3) is 0.292. The van der Waals surface area contributed by atoms with Crippen molar-refractivity contribution in [1.82, 2.24) is 14.9 Å². The lowest BCUT2D eigenvalue weighted by molar-refractivity contribution is -0.157. The van der Waals surface area contributed by atoms with E-state index in [9.17, 15) is 24.8 Å². The Morgan fingerprint density at radius 1 is 1.30 bits per heavy atom. The fourth-order valence-corrected chi connectivity index (χ4v) is 5.40. The molecule has 1 amide bonds. The molecule has 0 spiro atoms. The second-order valence-corrected chi connectivity index (χ2v) is 8.61. The summed E-state index contributed by atoms with van der Waals surface area (Å²) in [6, 6.07) is 7.14. The molecule has 9 heteroatoms. The smallest absolute Gasteiger partial charge is 0.340 e. The molecular weight excluding hydrogens is 424 g/mol. The van der Waals surface area contributed by atoms with E-state index in [4.69, 9.17) is 9.72 Å². The first-order valence-electron chi connectivity index (χ1n) is 10.7. The van der Waals surface area contributed by atoms with E-state index in [0.717, 1.165) is 22.1 Å². The lowest BCUT2D eigenvalue weighted by Gasteiger charge is -2.28. The first-order chi connectivity index (χ1) is 15.9. The van der Waals surface area contributed by atoms with Crippen LogP contribution >= 0.6 is 0 Å². The van der Waals surface area contributed by atoms with Crippen LogP contribution < -0.4 is 10.9 Å². The van der Waals surface area contributed by atoms with E-state index < -0.39 is 12.1 Å². The Balaban J connectivity index is 1.67. The number of amides is 1. The van der Waals surface area contributed by atoms with Gasteiger partial charge in [0.1, 0.15) is 6.61 Å². The van der Waals surface area contributed by atoms with Gasteiger partial charge in [-0.3, -0.25) is 9.59 Å². The fourth-order valence-electron chi connectivity index (χ4n) is 5.40. The third-order valence-corrected chi connectivity index (χ3v) is 6.80. The average Bonchev–Trinajstić information content (AvgIpc) is 3.16. The molecule has 0 bridgehead atoms. The molecule has 1 aromatic carbocycles. The summed E-state index contributed by atoms with van der Waals surface area (Å²) in [7, 11) is 0. The van der Waals surface area contributed by atoms with Gasteiger partial charge in [-0.2, -0.15) is 5.26 Å².